The maximum absolute atomic E-state index is 13.2. The Labute approximate surface area is 199 Å². The van der Waals surface area contributed by atoms with E-state index in [1.807, 2.05) is 68.4 Å². The van der Waals surface area contributed by atoms with Crippen molar-refractivity contribution in [3.8, 4) is 11.5 Å². The lowest BCUT2D eigenvalue weighted by Gasteiger charge is -2.19. The Hall–Kier alpha value is -4.38. The molecule has 1 unspecified atom stereocenters. The van der Waals surface area contributed by atoms with E-state index >= 15 is 0 Å². The summed E-state index contributed by atoms with van der Waals surface area (Å²) < 4.78 is 11.5. The summed E-state index contributed by atoms with van der Waals surface area (Å²) in [5.74, 6) is 0.105. The van der Waals surface area contributed by atoms with Crippen molar-refractivity contribution in [3.05, 3.63) is 125 Å². The zero-order valence-electron chi connectivity index (χ0n) is 19.0. The molecular formula is C29H25NO4. The van der Waals surface area contributed by atoms with Crippen LogP contribution in [0.2, 0.25) is 0 Å². The average Bonchev–Trinajstić information content (AvgIpc) is 2.86. The molecule has 0 aliphatic heterocycles. The summed E-state index contributed by atoms with van der Waals surface area (Å²) in [6.45, 7) is 3.87. The van der Waals surface area contributed by atoms with Crippen molar-refractivity contribution in [2.45, 2.75) is 20.0 Å². The minimum atomic E-state index is -1.12. The van der Waals surface area contributed by atoms with Crippen molar-refractivity contribution in [2.75, 3.05) is 5.32 Å². The fraction of sp³-hybridized carbons (Fsp3) is 0.103. The quantitative estimate of drug-likeness (QED) is 0.320. The van der Waals surface area contributed by atoms with Crippen LogP contribution in [0.1, 0.15) is 33.2 Å². The second kappa shape index (κ2) is 10.5. The van der Waals surface area contributed by atoms with Gasteiger partial charge >= 0.3 is 5.97 Å². The van der Waals surface area contributed by atoms with Crippen molar-refractivity contribution in [1.29, 1.82) is 0 Å². The van der Waals surface area contributed by atoms with E-state index in [2.05, 4.69) is 5.32 Å². The molecule has 0 radical (unpaired) electrons. The summed E-state index contributed by atoms with van der Waals surface area (Å²) in [5.41, 5.74) is 3.48. The van der Waals surface area contributed by atoms with Gasteiger partial charge in [0, 0.05) is 11.3 Å². The maximum Gasteiger partial charge on any atom is 0.339 e. The first kappa shape index (κ1) is 22.8. The van der Waals surface area contributed by atoms with E-state index in [9.17, 15) is 9.59 Å². The molecule has 170 valence electrons. The molecule has 0 spiro atoms. The van der Waals surface area contributed by atoms with E-state index in [1.54, 1.807) is 48.5 Å². The summed E-state index contributed by atoms with van der Waals surface area (Å²) >= 11 is 0. The molecule has 0 aromatic heterocycles. The van der Waals surface area contributed by atoms with Crippen molar-refractivity contribution in [3.63, 3.8) is 0 Å². The van der Waals surface area contributed by atoms with E-state index < -0.39 is 18.0 Å². The number of nitrogens with one attached hydrogen (secondary N) is 1. The van der Waals surface area contributed by atoms with Gasteiger partial charge in [-0.2, -0.15) is 0 Å². The number of hydrogen-bond donors (Lipinski definition) is 1. The third kappa shape index (κ3) is 5.70. The van der Waals surface area contributed by atoms with Crippen LogP contribution < -0.4 is 10.1 Å². The number of amides is 1. The summed E-state index contributed by atoms with van der Waals surface area (Å²) in [5, 5.41) is 2.91. The zero-order valence-corrected chi connectivity index (χ0v) is 19.0. The highest BCUT2D eigenvalue weighted by molar-refractivity contribution is 5.98. The molecule has 1 amide bonds. The lowest BCUT2D eigenvalue weighted by atomic mass is 10.1. The molecular weight excluding hydrogens is 426 g/mol. The van der Waals surface area contributed by atoms with Gasteiger partial charge in [0.05, 0.1) is 5.56 Å². The van der Waals surface area contributed by atoms with Gasteiger partial charge in [0.1, 0.15) is 11.5 Å². The van der Waals surface area contributed by atoms with Crippen LogP contribution in [0, 0.1) is 13.8 Å². The molecule has 0 saturated heterocycles. The van der Waals surface area contributed by atoms with Gasteiger partial charge in [0.15, 0.2) is 0 Å². The molecule has 5 heteroatoms. The van der Waals surface area contributed by atoms with E-state index in [0.29, 0.717) is 22.7 Å². The molecule has 0 aliphatic carbocycles. The second-order valence-corrected chi connectivity index (χ2v) is 7.95. The molecule has 34 heavy (non-hydrogen) atoms. The summed E-state index contributed by atoms with van der Waals surface area (Å²) in [6, 6.07) is 30.7. The van der Waals surface area contributed by atoms with Gasteiger partial charge in [-0.3, -0.25) is 4.79 Å². The van der Waals surface area contributed by atoms with Crippen molar-refractivity contribution < 1.29 is 19.1 Å². The first-order valence-corrected chi connectivity index (χ1v) is 11.0. The smallest absolute Gasteiger partial charge is 0.339 e. The molecule has 0 bridgehead atoms. The number of carbonyl (C=O) groups is 2. The first-order chi connectivity index (χ1) is 16.5. The van der Waals surface area contributed by atoms with Gasteiger partial charge in [0.2, 0.25) is 6.10 Å². The first-order valence-electron chi connectivity index (χ1n) is 11.0. The van der Waals surface area contributed by atoms with Crippen LogP contribution in [0.25, 0.3) is 0 Å². The number of benzene rings is 4. The van der Waals surface area contributed by atoms with Crippen LogP contribution in [-0.2, 0) is 9.53 Å². The monoisotopic (exact) mass is 451 g/mol. The van der Waals surface area contributed by atoms with Gasteiger partial charge in [-0.1, -0.05) is 66.7 Å². The lowest BCUT2D eigenvalue weighted by Crippen LogP contribution is -2.26. The number of esters is 1. The van der Waals surface area contributed by atoms with Crippen LogP contribution in [0.5, 0.6) is 11.5 Å². The normalized spacial score (nSPS) is 11.4. The molecule has 0 saturated carbocycles. The van der Waals surface area contributed by atoms with Gasteiger partial charge < -0.3 is 14.8 Å². The number of ether oxygens (including phenoxy) is 2. The van der Waals surface area contributed by atoms with Crippen molar-refractivity contribution in [2.24, 2.45) is 0 Å². The Morgan fingerprint density at radius 1 is 0.735 bits per heavy atom. The van der Waals surface area contributed by atoms with E-state index in [4.69, 9.17) is 9.47 Å². The van der Waals surface area contributed by atoms with Crippen LogP contribution in [0.3, 0.4) is 0 Å². The number of anilines is 1. The number of carbonyl (C=O) groups excluding carboxylic acids is 2. The molecule has 5 nitrogen and oxygen atoms in total. The topological polar surface area (TPSA) is 64.6 Å². The molecule has 0 fully saturated rings. The third-order valence-corrected chi connectivity index (χ3v) is 5.26. The molecule has 0 aliphatic rings. The SMILES string of the molecule is Cc1ccc(C)c(NC(=O)C(OC(=O)c2cccc(Oc3ccccc3)c2)c2ccccc2)c1. The van der Waals surface area contributed by atoms with E-state index in [0.717, 1.165) is 11.1 Å². The van der Waals surface area contributed by atoms with Crippen molar-refractivity contribution >= 4 is 17.6 Å². The van der Waals surface area contributed by atoms with Crippen molar-refractivity contribution in [1.82, 2.24) is 0 Å². The highest BCUT2D eigenvalue weighted by Crippen LogP contribution is 2.26. The van der Waals surface area contributed by atoms with Gasteiger partial charge in [-0.05, 0) is 61.4 Å². The van der Waals surface area contributed by atoms with E-state index in [1.165, 1.54) is 0 Å². The van der Waals surface area contributed by atoms with Gasteiger partial charge in [-0.15, -0.1) is 0 Å². The number of hydrogen-bond acceptors (Lipinski definition) is 4. The second-order valence-electron chi connectivity index (χ2n) is 7.95. The molecule has 4 rings (SSSR count). The Kier molecular flexibility index (Phi) is 7.04. The fourth-order valence-corrected chi connectivity index (χ4v) is 3.46. The summed E-state index contributed by atoms with van der Waals surface area (Å²) in [7, 11) is 0. The van der Waals surface area contributed by atoms with Crippen LogP contribution in [-0.4, -0.2) is 11.9 Å². The lowest BCUT2D eigenvalue weighted by molar-refractivity contribution is -0.125. The number of para-hydroxylation sites is 1. The third-order valence-electron chi connectivity index (χ3n) is 5.26. The number of aryl methyl sites for hydroxylation is 2. The molecule has 4 aromatic rings. The largest absolute Gasteiger partial charge is 0.457 e. The Bertz CT molecular complexity index is 1290. The van der Waals surface area contributed by atoms with Crippen LogP contribution in [0.15, 0.2) is 103 Å². The maximum atomic E-state index is 13.2. The highest BCUT2D eigenvalue weighted by atomic mass is 16.5. The minimum absolute atomic E-state index is 0.286. The number of rotatable bonds is 7. The Morgan fingerprint density at radius 3 is 2.15 bits per heavy atom. The zero-order chi connectivity index (χ0) is 23.9. The standard InChI is InChI=1S/C29H25NO4/c1-20-16-17-21(2)26(18-20)30-28(31)27(22-10-5-3-6-11-22)34-29(32)23-12-9-15-25(19-23)33-24-13-7-4-8-14-24/h3-19,27H,1-2H3,(H,30,31). The fourth-order valence-electron chi connectivity index (χ4n) is 3.46. The predicted molar refractivity (Wildman–Crippen MR) is 132 cm³/mol. The highest BCUT2D eigenvalue weighted by Gasteiger charge is 2.26. The van der Waals surface area contributed by atoms with Gasteiger partial charge in [0.25, 0.3) is 5.91 Å². The molecule has 1 N–H and O–H groups in total. The summed E-state index contributed by atoms with van der Waals surface area (Å²) in [6.07, 6.45) is -1.12. The van der Waals surface area contributed by atoms with Crippen LogP contribution >= 0.6 is 0 Å². The average molecular weight is 452 g/mol. The summed E-state index contributed by atoms with van der Waals surface area (Å²) in [4.78, 5) is 26.3. The Morgan fingerprint density at radius 2 is 1.41 bits per heavy atom. The van der Waals surface area contributed by atoms with Gasteiger partial charge in [-0.25, -0.2) is 4.79 Å². The molecule has 0 heterocycles. The van der Waals surface area contributed by atoms with E-state index in [-0.39, 0.29) is 5.56 Å². The Balaban J connectivity index is 1.56. The predicted octanol–water partition coefficient (Wildman–Crippen LogP) is 6.63. The molecule has 4 aromatic carbocycles. The minimum Gasteiger partial charge on any atom is -0.457 e. The molecule has 1 atom stereocenters. The van der Waals surface area contributed by atoms with Crippen LogP contribution in [0.4, 0.5) is 5.69 Å².